The number of carbonyl (C=O) groups excluding carboxylic acids is 1. The summed E-state index contributed by atoms with van der Waals surface area (Å²) in [6.07, 6.45) is 0. The number of amides is 1. The average Bonchev–Trinajstić information content (AvgIpc) is 3.00. The number of nitro groups is 1. The molecular formula is C25H23ClN2O3. The first-order valence-electron chi connectivity index (χ1n) is 10.1. The lowest BCUT2D eigenvalue weighted by atomic mass is 9.84. The number of hydrogen-bond acceptors (Lipinski definition) is 3. The smallest absolute Gasteiger partial charge is 0.269 e. The van der Waals surface area contributed by atoms with Gasteiger partial charge in [0.15, 0.2) is 0 Å². The third-order valence-corrected chi connectivity index (χ3v) is 5.95. The van der Waals surface area contributed by atoms with Gasteiger partial charge in [0.25, 0.3) is 11.6 Å². The fourth-order valence-corrected chi connectivity index (χ4v) is 4.10. The quantitative estimate of drug-likeness (QED) is 0.358. The van der Waals surface area contributed by atoms with Crippen molar-refractivity contribution in [1.29, 1.82) is 0 Å². The maximum atomic E-state index is 13.4. The summed E-state index contributed by atoms with van der Waals surface area (Å²) in [5.41, 5.74) is 4.62. The van der Waals surface area contributed by atoms with E-state index in [-0.39, 0.29) is 23.1 Å². The largest absolute Gasteiger partial charge is 0.323 e. The van der Waals surface area contributed by atoms with E-state index in [1.807, 2.05) is 41.3 Å². The van der Waals surface area contributed by atoms with E-state index in [9.17, 15) is 14.9 Å². The molecule has 0 N–H and O–H groups in total. The molecule has 0 aromatic heterocycles. The Labute approximate surface area is 186 Å². The molecule has 31 heavy (non-hydrogen) atoms. The molecule has 0 fully saturated rings. The van der Waals surface area contributed by atoms with Gasteiger partial charge in [-0.15, -0.1) is 0 Å². The number of nitro benzene ring substituents is 1. The van der Waals surface area contributed by atoms with Crippen molar-refractivity contribution in [3.8, 4) is 0 Å². The van der Waals surface area contributed by atoms with Gasteiger partial charge in [-0.3, -0.25) is 14.9 Å². The van der Waals surface area contributed by atoms with Gasteiger partial charge in [-0.05, 0) is 45.9 Å². The molecule has 1 heterocycles. The Morgan fingerprint density at radius 1 is 1.00 bits per heavy atom. The number of fused-ring (bicyclic) bond motifs is 1. The van der Waals surface area contributed by atoms with Crippen molar-refractivity contribution in [3.63, 3.8) is 0 Å². The van der Waals surface area contributed by atoms with Gasteiger partial charge in [-0.1, -0.05) is 68.8 Å². The highest BCUT2D eigenvalue weighted by molar-refractivity contribution is 6.30. The topological polar surface area (TPSA) is 63.4 Å². The van der Waals surface area contributed by atoms with E-state index in [0.29, 0.717) is 17.1 Å². The van der Waals surface area contributed by atoms with Crippen LogP contribution in [-0.2, 0) is 12.0 Å². The van der Waals surface area contributed by atoms with E-state index in [2.05, 4.69) is 26.8 Å². The first-order chi connectivity index (χ1) is 14.6. The number of benzene rings is 3. The molecule has 0 saturated heterocycles. The van der Waals surface area contributed by atoms with Crippen LogP contribution in [0.15, 0.2) is 66.7 Å². The fraction of sp³-hybridized carbons (Fsp3) is 0.240. The zero-order chi connectivity index (χ0) is 22.3. The molecule has 1 unspecified atom stereocenters. The summed E-state index contributed by atoms with van der Waals surface area (Å²) in [7, 11) is 0. The highest BCUT2D eigenvalue weighted by atomic mass is 35.5. The molecule has 0 saturated carbocycles. The molecule has 3 aromatic carbocycles. The Morgan fingerprint density at radius 2 is 1.65 bits per heavy atom. The normalized spacial score (nSPS) is 15.8. The van der Waals surface area contributed by atoms with E-state index < -0.39 is 4.92 Å². The lowest BCUT2D eigenvalue weighted by molar-refractivity contribution is -0.384. The van der Waals surface area contributed by atoms with Crippen LogP contribution in [0.25, 0.3) is 0 Å². The molecule has 1 aliphatic heterocycles. The van der Waals surface area contributed by atoms with Crippen molar-refractivity contribution in [3.05, 3.63) is 110 Å². The number of nitrogens with zero attached hydrogens (tertiary/aromatic N) is 2. The van der Waals surface area contributed by atoms with E-state index in [0.717, 1.165) is 22.3 Å². The van der Waals surface area contributed by atoms with E-state index in [4.69, 9.17) is 11.6 Å². The maximum Gasteiger partial charge on any atom is 0.269 e. The van der Waals surface area contributed by atoms with Crippen LogP contribution in [0.2, 0.25) is 5.02 Å². The summed E-state index contributed by atoms with van der Waals surface area (Å²) < 4.78 is 0. The molecule has 158 valence electrons. The van der Waals surface area contributed by atoms with Crippen LogP contribution in [0.1, 0.15) is 59.4 Å². The second-order valence-electron chi connectivity index (χ2n) is 8.86. The van der Waals surface area contributed by atoms with Crippen molar-refractivity contribution in [1.82, 2.24) is 4.90 Å². The van der Waals surface area contributed by atoms with Crippen molar-refractivity contribution in [2.45, 2.75) is 38.8 Å². The molecular weight excluding hydrogens is 412 g/mol. The van der Waals surface area contributed by atoms with Gasteiger partial charge in [0.2, 0.25) is 0 Å². The monoisotopic (exact) mass is 434 g/mol. The molecule has 1 aliphatic rings. The zero-order valence-electron chi connectivity index (χ0n) is 17.6. The SMILES string of the molecule is CC(C)(C)c1ccc2c(c1)C(c1ccc(Cl)cc1)N(Cc1ccc([N+](=O)[O-])cc1)C2=O. The maximum absolute atomic E-state index is 13.4. The molecule has 6 heteroatoms. The van der Waals surface area contributed by atoms with Gasteiger partial charge in [0.1, 0.15) is 0 Å². The number of non-ortho nitro benzene ring substituents is 1. The molecule has 3 aromatic rings. The molecule has 0 spiro atoms. The van der Waals surface area contributed by atoms with Crippen LogP contribution in [0.5, 0.6) is 0 Å². The predicted molar refractivity (Wildman–Crippen MR) is 121 cm³/mol. The van der Waals surface area contributed by atoms with E-state index in [1.165, 1.54) is 12.1 Å². The van der Waals surface area contributed by atoms with Gasteiger partial charge in [0, 0.05) is 29.3 Å². The Bertz CT molecular complexity index is 1150. The Morgan fingerprint density at radius 3 is 2.23 bits per heavy atom. The third kappa shape index (κ3) is 4.06. The molecule has 1 amide bonds. The lowest BCUT2D eigenvalue weighted by Crippen LogP contribution is -2.28. The second kappa shape index (κ2) is 7.82. The van der Waals surface area contributed by atoms with Crippen LogP contribution in [0.4, 0.5) is 5.69 Å². The summed E-state index contributed by atoms with van der Waals surface area (Å²) in [6, 6.07) is 19.7. The van der Waals surface area contributed by atoms with Gasteiger partial charge in [-0.25, -0.2) is 0 Å². The number of hydrogen-bond donors (Lipinski definition) is 0. The fourth-order valence-electron chi connectivity index (χ4n) is 3.98. The summed E-state index contributed by atoms with van der Waals surface area (Å²) >= 11 is 6.10. The summed E-state index contributed by atoms with van der Waals surface area (Å²) in [5, 5.41) is 11.6. The van der Waals surface area contributed by atoms with Crippen LogP contribution in [0.3, 0.4) is 0 Å². The molecule has 0 radical (unpaired) electrons. The lowest BCUT2D eigenvalue weighted by Gasteiger charge is -2.27. The summed E-state index contributed by atoms with van der Waals surface area (Å²) in [5.74, 6) is -0.0474. The van der Waals surface area contributed by atoms with Crippen molar-refractivity contribution in [2.24, 2.45) is 0 Å². The standard InChI is InChI=1S/C25H23ClN2O3/c1-25(2,3)18-8-13-21-22(14-18)23(17-6-9-19(26)10-7-17)27(24(21)29)15-16-4-11-20(12-5-16)28(30)31/h4-14,23H,15H2,1-3H3. The zero-order valence-corrected chi connectivity index (χ0v) is 18.4. The first-order valence-corrected chi connectivity index (χ1v) is 10.5. The van der Waals surface area contributed by atoms with E-state index >= 15 is 0 Å². The molecule has 1 atom stereocenters. The Kier molecular flexibility index (Phi) is 5.31. The predicted octanol–water partition coefficient (Wildman–Crippen LogP) is 6.29. The molecule has 5 nitrogen and oxygen atoms in total. The van der Waals surface area contributed by atoms with Gasteiger partial charge in [0.05, 0.1) is 11.0 Å². The molecule has 0 aliphatic carbocycles. The minimum absolute atomic E-state index is 0.0313. The van der Waals surface area contributed by atoms with Crippen LogP contribution >= 0.6 is 11.6 Å². The highest BCUT2D eigenvalue weighted by Gasteiger charge is 2.38. The van der Waals surface area contributed by atoms with Gasteiger partial charge >= 0.3 is 0 Å². The summed E-state index contributed by atoms with van der Waals surface area (Å²) in [4.78, 5) is 25.7. The van der Waals surface area contributed by atoms with Crippen molar-refractivity contribution >= 4 is 23.2 Å². The number of halogens is 1. The number of rotatable bonds is 4. The van der Waals surface area contributed by atoms with Crippen LogP contribution < -0.4 is 0 Å². The third-order valence-electron chi connectivity index (χ3n) is 5.70. The minimum atomic E-state index is -0.425. The molecule has 4 rings (SSSR count). The first kappa shape index (κ1) is 21.1. The average molecular weight is 435 g/mol. The van der Waals surface area contributed by atoms with Crippen molar-refractivity contribution in [2.75, 3.05) is 0 Å². The van der Waals surface area contributed by atoms with Crippen LogP contribution in [0, 0.1) is 10.1 Å². The minimum Gasteiger partial charge on any atom is -0.323 e. The molecule has 0 bridgehead atoms. The highest BCUT2D eigenvalue weighted by Crippen LogP contribution is 2.41. The second-order valence-corrected chi connectivity index (χ2v) is 9.30. The Hall–Kier alpha value is -3.18. The van der Waals surface area contributed by atoms with Gasteiger partial charge < -0.3 is 4.90 Å². The van der Waals surface area contributed by atoms with Crippen molar-refractivity contribution < 1.29 is 9.72 Å². The van der Waals surface area contributed by atoms with Gasteiger partial charge in [-0.2, -0.15) is 0 Å². The van der Waals surface area contributed by atoms with E-state index in [1.54, 1.807) is 12.1 Å². The Balaban J connectivity index is 1.78. The number of carbonyl (C=O) groups is 1. The van der Waals surface area contributed by atoms with Crippen LogP contribution in [-0.4, -0.2) is 15.7 Å². The summed E-state index contributed by atoms with van der Waals surface area (Å²) in [6.45, 7) is 6.80.